The lowest BCUT2D eigenvalue weighted by atomic mass is 10.3. The summed E-state index contributed by atoms with van der Waals surface area (Å²) in [5.41, 5.74) is 0.674. The van der Waals surface area contributed by atoms with Crippen molar-refractivity contribution in [3.8, 4) is 5.75 Å². The first-order valence-electron chi connectivity index (χ1n) is 6.64. The van der Waals surface area contributed by atoms with E-state index < -0.39 is 0 Å². The Hall–Kier alpha value is -2.76. The van der Waals surface area contributed by atoms with Crippen LogP contribution in [0, 0.1) is 0 Å². The van der Waals surface area contributed by atoms with E-state index in [1.807, 2.05) is 24.4 Å². The molecule has 2 aromatic rings. The summed E-state index contributed by atoms with van der Waals surface area (Å²) < 4.78 is 7.43. The topological polar surface area (TPSA) is 68.2 Å². The second-order valence-electron chi connectivity index (χ2n) is 4.27. The van der Waals surface area contributed by atoms with Crippen molar-refractivity contribution in [2.45, 2.75) is 6.54 Å². The van der Waals surface area contributed by atoms with Crippen LogP contribution in [0.15, 0.2) is 55.4 Å². The van der Waals surface area contributed by atoms with Gasteiger partial charge in [-0.2, -0.15) is 5.10 Å². The minimum atomic E-state index is -0.274. The van der Waals surface area contributed by atoms with Gasteiger partial charge in [0, 0.05) is 30.7 Å². The monoisotopic (exact) mass is 286 g/mol. The first-order valence-corrected chi connectivity index (χ1v) is 6.64. The molecule has 0 radical (unpaired) electrons. The molecule has 0 aliphatic heterocycles. The average Bonchev–Trinajstić information content (AvgIpc) is 2.99. The molecule has 110 valence electrons. The lowest BCUT2D eigenvalue weighted by Crippen LogP contribution is -2.28. The molecule has 2 rings (SSSR count). The van der Waals surface area contributed by atoms with Gasteiger partial charge in [0.05, 0.1) is 6.54 Å². The number of benzene rings is 1. The van der Waals surface area contributed by atoms with Crippen LogP contribution in [0.5, 0.6) is 5.75 Å². The van der Waals surface area contributed by atoms with Crippen LogP contribution in [0.1, 0.15) is 0 Å². The maximum absolute atomic E-state index is 11.5. The predicted octanol–water partition coefficient (Wildman–Crippen LogP) is 2.27. The van der Waals surface area contributed by atoms with Gasteiger partial charge in [-0.3, -0.25) is 4.68 Å². The second-order valence-corrected chi connectivity index (χ2v) is 4.27. The molecule has 0 atom stereocenters. The molecule has 2 N–H and O–H groups in total. The molecule has 0 saturated heterocycles. The number of nitrogens with one attached hydrogen (secondary N) is 2. The Morgan fingerprint density at radius 3 is 3.10 bits per heavy atom. The summed E-state index contributed by atoms with van der Waals surface area (Å²) in [5, 5.41) is 9.46. The lowest BCUT2D eigenvalue weighted by molar-refractivity contribution is 0.253. The number of anilines is 1. The van der Waals surface area contributed by atoms with Gasteiger partial charge in [0.25, 0.3) is 0 Å². The molecule has 0 saturated carbocycles. The molecule has 0 aliphatic carbocycles. The van der Waals surface area contributed by atoms with Gasteiger partial charge in [-0.1, -0.05) is 12.1 Å². The van der Waals surface area contributed by atoms with E-state index in [0.29, 0.717) is 31.1 Å². The van der Waals surface area contributed by atoms with Gasteiger partial charge in [0.2, 0.25) is 0 Å². The van der Waals surface area contributed by atoms with Crippen LogP contribution in [-0.2, 0) is 6.54 Å². The van der Waals surface area contributed by atoms with E-state index in [2.05, 4.69) is 22.3 Å². The summed E-state index contributed by atoms with van der Waals surface area (Å²) in [6.45, 7) is 5.14. The lowest BCUT2D eigenvalue weighted by Gasteiger charge is -2.09. The zero-order chi connectivity index (χ0) is 14.9. The molecule has 0 spiro atoms. The van der Waals surface area contributed by atoms with Crippen LogP contribution in [0.3, 0.4) is 0 Å². The number of hydrogen-bond donors (Lipinski definition) is 2. The molecule has 0 aliphatic rings. The summed E-state index contributed by atoms with van der Waals surface area (Å²) in [4.78, 5) is 11.5. The van der Waals surface area contributed by atoms with Crippen LogP contribution in [-0.4, -0.2) is 29.0 Å². The third-order valence-corrected chi connectivity index (χ3v) is 2.65. The van der Waals surface area contributed by atoms with Gasteiger partial charge >= 0.3 is 6.03 Å². The molecular weight excluding hydrogens is 268 g/mol. The number of aromatic nitrogens is 2. The second kappa shape index (κ2) is 7.74. The molecule has 6 heteroatoms. The molecule has 0 fully saturated rings. The minimum Gasteiger partial charge on any atom is -0.492 e. The molecule has 1 aromatic carbocycles. The molecule has 1 heterocycles. The van der Waals surface area contributed by atoms with E-state index in [4.69, 9.17) is 4.74 Å². The zero-order valence-electron chi connectivity index (χ0n) is 11.7. The van der Waals surface area contributed by atoms with E-state index in [-0.39, 0.29) is 6.03 Å². The highest BCUT2D eigenvalue weighted by atomic mass is 16.5. The maximum atomic E-state index is 11.5. The first-order chi connectivity index (χ1) is 10.3. The summed E-state index contributed by atoms with van der Waals surface area (Å²) in [6.07, 6.45) is 5.23. The summed E-state index contributed by atoms with van der Waals surface area (Å²) in [6, 6.07) is 8.84. The highest BCUT2D eigenvalue weighted by Crippen LogP contribution is 2.17. The Morgan fingerprint density at radius 1 is 1.43 bits per heavy atom. The predicted molar refractivity (Wildman–Crippen MR) is 81.4 cm³/mol. The van der Waals surface area contributed by atoms with Crippen molar-refractivity contribution in [1.82, 2.24) is 15.1 Å². The molecule has 2 amide bonds. The molecular formula is C15H18N4O2. The van der Waals surface area contributed by atoms with Crippen molar-refractivity contribution in [1.29, 1.82) is 0 Å². The Labute approximate surface area is 123 Å². The number of urea groups is 1. The highest BCUT2D eigenvalue weighted by molar-refractivity contribution is 5.89. The normalized spacial score (nSPS) is 9.90. The van der Waals surface area contributed by atoms with E-state index in [1.54, 1.807) is 29.1 Å². The van der Waals surface area contributed by atoms with Crippen LogP contribution in [0.4, 0.5) is 10.5 Å². The van der Waals surface area contributed by atoms with Crippen LogP contribution < -0.4 is 15.4 Å². The van der Waals surface area contributed by atoms with Gasteiger partial charge in [0.1, 0.15) is 12.4 Å². The zero-order valence-corrected chi connectivity index (χ0v) is 11.7. The fourth-order valence-electron chi connectivity index (χ4n) is 1.69. The fraction of sp³-hybridized carbons (Fsp3) is 0.200. The van der Waals surface area contributed by atoms with E-state index in [9.17, 15) is 4.79 Å². The molecule has 0 bridgehead atoms. The number of ether oxygens (including phenoxy) is 1. The number of rotatable bonds is 7. The Morgan fingerprint density at radius 2 is 2.33 bits per heavy atom. The molecule has 1 aromatic heterocycles. The van der Waals surface area contributed by atoms with E-state index in [1.165, 1.54) is 0 Å². The standard InChI is InChI=1S/C15H18N4O2/c1-2-7-16-15(20)18-13-5-3-6-14(12-13)21-11-10-19-9-4-8-17-19/h2-6,8-9,12H,1,7,10-11H2,(H2,16,18,20). The van der Waals surface area contributed by atoms with Crippen LogP contribution >= 0.6 is 0 Å². The Balaban J connectivity index is 1.82. The van der Waals surface area contributed by atoms with E-state index >= 15 is 0 Å². The number of hydrogen-bond acceptors (Lipinski definition) is 3. The largest absolute Gasteiger partial charge is 0.492 e. The number of carbonyl (C=O) groups is 1. The number of nitrogens with zero attached hydrogens (tertiary/aromatic N) is 2. The van der Waals surface area contributed by atoms with Gasteiger partial charge < -0.3 is 15.4 Å². The maximum Gasteiger partial charge on any atom is 0.319 e. The first kappa shape index (κ1) is 14.6. The molecule has 21 heavy (non-hydrogen) atoms. The molecule has 6 nitrogen and oxygen atoms in total. The van der Waals surface area contributed by atoms with Crippen molar-refractivity contribution in [2.75, 3.05) is 18.5 Å². The van der Waals surface area contributed by atoms with Gasteiger partial charge in [-0.25, -0.2) is 4.79 Å². The minimum absolute atomic E-state index is 0.274. The Bertz CT molecular complexity index is 581. The van der Waals surface area contributed by atoms with Gasteiger partial charge in [-0.05, 0) is 18.2 Å². The average molecular weight is 286 g/mol. The van der Waals surface area contributed by atoms with Crippen molar-refractivity contribution in [2.24, 2.45) is 0 Å². The van der Waals surface area contributed by atoms with E-state index in [0.717, 1.165) is 0 Å². The summed E-state index contributed by atoms with van der Waals surface area (Å²) >= 11 is 0. The van der Waals surface area contributed by atoms with Crippen molar-refractivity contribution in [3.63, 3.8) is 0 Å². The number of amides is 2. The summed E-state index contributed by atoms with van der Waals surface area (Å²) in [7, 11) is 0. The third-order valence-electron chi connectivity index (χ3n) is 2.65. The fourth-order valence-corrected chi connectivity index (χ4v) is 1.69. The van der Waals surface area contributed by atoms with Crippen molar-refractivity contribution < 1.29 is 9.53 Å². The number of carbonyl (C=O) groups excluding carboxylic acids is 1. The van der Waals surface area contributed by atoms with Gasteiger partial charge in [0.15, 0.2) is 0 Å². The highest BCUT2D eigenvalue weighted by Gasteiger charge is 2.02. The van der Waals surface area contributed by atoms with Crippen LogP contribution in [0.2, 0.25) is 0 Å². The third kappa shape index (κ3) is 5.02. The SMILES string of the molecule is C=CCNC(=O)Nc1cccc(OCCn2cccn2)c1. The van der Waals surface area contributed by atoms with Crippen molar-refractivity contribution >= 4 is 11.7 Å². The van der Waals surface area contributed by atoms with Crippen LogP contribution in [0.25, 0.3) is 0 Å². The molecule has 0 unspecified atom stereocenters. The summed E-state index contributed by atoms with van der Waals surface area (Å²) in [5.74, 6) is 0.698. The van der Waals surface area contributed by atoms with Gasteiger partial charge in [-0.15, -0.1) is 6.58 Å². The quantitative estimate of drug-likeness (QED) is 0.767. The van der Waals surface area contributed by atoms with Crippen molar-refractivity contribution in [3.05, 3.63) is 55.4 Å². The Kier molecular flexibility index (Phi) is 5.40. The smallest absolute Gasteiger partial charge is 0.319 e.